The first kappa shape index (κ1) is 16.8. The zero-order valence-corrected chi connectivity index (χ0v) is 12.4. The predicted octanol–water partition coefficient (Wildman–Crippen LogP) is 4.15. The lowest BCUT2D eigenvalue weighted by Gasteiger charge is -2.18. The van der Waals surface area contributed by atoms with Crippen molar-refractivity contribution in [3.63, 3.8) is 0 Å². The van der Waals surface area contributed by atoms with E-state index in [9.17, 15) is 13.2 Å². The Morgan fingerprint density at radius 1 is 1.30 bits per heavy atom. The molecule has 112 valence electrons. The first-order valence-corrected chi connectivity index (χ1v) is 6.69. The second kappa shape index (κ2) is 6.43. The summed E-state index contributed by atoms with van der Waals surface area (Å²) in [6, 6.07) is 3.50. The highest BCUT2D eigenvalue weighted by atomic mass is 32.1. The molecule has 0 aliphatic rings. The van der Waals surface area contributed by atoms with Crippen molar-refractivity contribution < 1.29 is 17.9 Å². The Balaban J connectivity index is 3.02. The molecule has 0 aliphatic heterocycles. The van der Waals surface area contributed by atoms with Gasteiger partial charge in [0.2, 0.25) is 0 Å². The lowest BCUT2D eigenvalue weighted by molar-refractivity contribution is -0.137. The maximum Gasteiger partial charge on any atom is 0.417 e. The highest BCUT2D eigenvalue weighted by Crippen LogP contribution is 2.34. The molecule has 1 aromatic rings. The van der Waals surface area contributed by atoms with E-state index in [1.54, 1.807) is 0 Å². The van der Waals surface area contributed by atoms with Gasteiger partial charge >= 0.3 is 6.18 Å². The summed E-state index contributed by atoms with van der Waals surface area (Å²) in [5, 5.41) is 0. The number of ether oxygens (including phenoxy) is 1. The molecule has 2 nitrogen and oxygen atoms in total. The Labute approximate surface area is 122 Å². The first-order chi connectivity index (χ1) is 9.11. The molecule has 0 radical (unpaired) electrons. The minimum atomic E-state index is -4.49. The van der Waals surface area contributed by atoms with Crippen molar-refractivity contribution in [1.29, 1.82) is 0 Å². The van der Waals surface area contributed by atoms with Crippen molar-refractivity contribution in [2.75, 3.05) is 0 Å². The van der Waals surface area contributed by atoms with E-state index in [-0.39, 0.29) is 16.7 Å². The third kappa shape index (κ3) is 4.67. The van der Waals surface area contributed by atoms with Crippen LogP contribution in [0, 0.1) is 5.92 Å². The molecule has 1 unspecified atom stereocenters. The van der Waals surface area contributed by atoms with Gasteiger partial charge in [-0.3, -0.25) is 0 Å². The minimum Gasteiger partial charge on any atom is -0.491 e. The molecule has 0 aliphatic carbocycles. The molecule has 0 fully saturated rings. The van der Waals surface area contributed by atoms with Crippen molar-refractivity contribution in [2.24, 2.45) is 11.7 Å². The summed E-state index contributed by atoms with van der Waals surface area (Å²) in [6.45, 7) is 5.97. The van der Waals surface area contributed by atoms with Crippen LogP contribution in [0.25, 0.3) is 0 Å². The Hall–Kier alpha value is -1.30. The van der Waals surface area contributed by atoms with Crippen LogP contribution in [0.5, 0.6) is 5.75 Å². The van der Waals surface area contributed by atoms with Gasteiger partial charge < -0.3 is 10.5 Å². The van der Waals surface area contributed by atoms with E-state index in [0.29, 0.717) is 11.7 Å². The molecule has 2 N–H and O–H groups in total. The Bertz CT molecular complexity index is 486. The highest BCUT2D eigenvalue weighted by Gasteiger charge is 2.34. The van der Waals surface area contributed by atoms with Crippen LogP contribution in [0.2, 0.25) is 0 Å². The van der Waals surface area contributed by atoms with Crippen LogP contribution in [-0.4, -0.2) is 11.1 Å². The molecule has 0 aromatic heterocycles. The fourth-order valence-corrected chi connectivity index (χ4v) is 2.16. The van der Waals surface area contributed by atoms with Gasteiger partial charge in [0.1, 0.15) is 10.7 Å². The Morgan fingerprint density at radius 2 is 1.90 bits per heavy atom. The monoisotopic (exact) mass is 305 g/mol. The van der Waals surface area contributed by atoms with Gasteiger partial charge in [-0.1, -0.05) is 26.1 Å². The van der Waals surface area contributed by atoms with Crippen molar-refractivity contribution in [1.82, 2.24) is 0 Å². The van der Waals surface area contributed by atoms with Gasteiger partial charge in [-0.15, -0.1) is 0 Å². The van der Waals surface area contributed by atoms with Crippen LogP contribution in [0.4, 0.5) is 13.2 Å². The lowest BCUT2D eigenvalue weighted by Crippen LogP contribution is -2.19. The summed E-state index contributed by atoms with van der Waals surface area (Å²) in [5.41, 5.74) is 4.32. The molecule has 0 bridgehead atoms. The molecule has 0 spiro atoms. The lowest BCUT2D eigenvalue weighted by atomic mass is 10.1. The van der Waals surface area contributed by atoms with E-state index in [0.717, 1.165) is 12.5 Å². The van der Waals surface area contributed by atoms with E-state index in [1.165, 1.54) is 12.1 Å². The predicted molar refractivity (Wildman–Crippen MR) is 76.9 cm³/mol. The second-order valence-electron chi connectivity index (χ2n) is 5.13. The average Bonchev–Trinajstić information content (AvgIpc) is 2.25. The van der Waals surface area contributed by atoms with Gasteiger partial charge in [0, 0.05) is 5.56 Å². The zero-order chi connectivity index (χ0) is 15.5. The molecule has 20 heavy (non-hydrogen) atoms. The van der Waals surface area contributed by atoms with Gasteiger partial charge in [0.15, 0.2) is 0 Å². The molecule has 0 heterocycles. The van der Waals surface area contributed by atoms with Crippen LogP contribution in [-0.2, 0) is 6.18 Å². The molecular weight excluding hydrogens is 287 g/mol. The number of hydrogen-bond donors (Lipinski definition) is 1. The molecule has 1 rings (SSSR count). The van der Waals surface area contributed by atoms with Crippen LogP contribution >= 0.6 is 12.2 Å². The number of alkyl halides is 3. The fraction of sp³-hybridized carbons (Fsp3) is 0.500. The highest BCUT2D eigenvalue weighted by molar-refractivity contribution is 7.80. The number of nitrogens with two attached hydrogens (primary N) is 1. The summed E-state index contributed by atoms with van der Waals surface area (Å²) in [6.07, 6.45) is -3.77. The largest absolute Gasteiger partial charge is 0.491 e. The topological polar surface area (TPSA) is 35.2 Å². The van der Waals surface area contributed by atoms with Crippen molar-refractivity contribution >= 4 is 17.2 Å². The molecular formula is C14H18F3NOS. The zero-order valence-electron chi connectivity index (χ0n) is 11.6. The molecule has 1 aromatic carbocycles. The summed E-state index contributed by atoms with van der Waals surface area (Å²) in [7, 11) is 0. The van der Waals surface area contributed by atoms with E-state index in [4.69, 9.17) is 10.5 Å². The van der Waals surface area contributed by atoms with Crippen LogP contribution in [0.15, 0.2) is 18.2 Å². The first-order valence-electron chi connectivity index (χ1n) is 6.29. The summed E-state index contributed by atoms with van der Waals surface area (Å²) >= 11 is 4.68. The van der Waals surface area contributed by atoms with Crippen molar-refractivity contribution in [3.05, 3.63) is 29.3 Å². The van der Waals surface area contributed by atoms with Crippen molar-refractivity contribution in [3.8, 4) is 5.75 Å². The second-order valence-corrected chi connectivity index (χ2v) is 5.57. The van der Waals surface area contributed by atoms with Crippen LogP contribution in [0.3, 0.4) is 0 Å². The number of halogens is 3. The maximum atomic E-state index is 12.8. The maximum absolute atomic E-state index is 12.8. The standard InChI is InChI=1S/C14H18F3NOS/c1-8(2)6-9(3)19-10-4-5-12(14(15,16)17)11(7-10)13(18)20/h4-5,7-9H,6H2,1-3H3,(H2,18,20). The molecule has 6 heteroatoms. The van der Waals surface area contributed by atoms with E-state index < -0.39 is 11.7 Å². The quantitative estimate of drug-likeness (QED) is 0.830. The normalized spacial score (nSPS) is 13.3. The SMILES string of the molecule is CC(C)CC(C)Oc1ccc(C(F)(F)F)c(C(N)=S)c1. The number of benzene rings is 1. The fourth-order valence-electron chi connectivity index (χ4n) is 1.99. The minimum absolute atomic E-state index is 0.0917. The summed E-state index contributed by atoms with van der Waals surface area (Å²) in [5.74, 6) is 0.781. The van der Waals surface area contributed by atoms with Gasteiger partial charge in [-0.25, -0.2) is 0 Å². The number of hydrogen-bond acceptors (Lipinski definition) is 2. The molecule has 0 saturated carbocycles. The molecule has 0 amide bonds. The Morgan fingerprint density at radius 3 is 2.35 bits per heavy atom. The van der Waals surface area contributed by atoms with Gasteiger partial charge in [-0.05, 0) is 37.5 Å². The van der Waals surface area contributed by atoms with Crippen LogP contribution in [0.1, 0.15) is 38.3 Å². The summed E-state index contributed by atoms with van der Waals surface area (Å²) < 4.78 is 44.1. The third-order valence-electron chi connectivity index (χ3n) is 2.70. The van der Waals surface area contributed by atoms with Crippen molar-refractivity contribution in [2.45, 2.75) is 39.5 Å². The summed E-state index contributed by atoms with van der Waals surface area (Å²) in [4.78, 5) is -0.292. The van der Waals surface area contributed by atoms with E-state index in [2.05, 4.69) is 12.2 Å². The average molecular weight is 305 g/mol. The Kier molecular flexibility index (Phi) is 5.39. The number of thiocarbonyl (C=S) groups is 1. The molecule has 0 saturated heterocycles. The van der Waals surface area contributed by atoms with E-state index >= 15 is 0 Å². The molecule has 1 atom stereocenters. The third-order valence-corrected chi connectivity index (χ3v) is 2.92. The van der Waals surface area contributed by atoms with E-state index in [1.807, 2.05) is 20.8 Å². The van der Waals surface area contributed by atoms with Gasteiger partial charge in [0.05, 0.1) is 11.7 Å². The smallest absolute Gasteiger partial charge is 0.417 e. The number of rotatable bonds is 5. The van der Waals surface area contributed by atoms with Gasteiger partial charge in [0.25, 0.3) is 0 Å². The van der Waals surface area contributed by atoms with Crippen LogP contribution < -0.4 is 10.5 Å². The van der Waals surface area contributed by atoms with Gasteiger partial charge in [-0.2, -0.15) is 13.2 Å².